The largest absolute Gasteiger partial charge is 0.339 e. The van der Waals surface area contributed by atoms with Crippen LogP contribution in [0.3, 0.4) is 0 Å². The summed E-state index contributed by atoms with van der Waals surface area (Å²) in [6, 6.07) is 0.701. The zero-order valence-corrected chi connectivity index (χ0v) is 12.0. The molecule has 1 fully saturated rings. The van der Waals surface area contributed by atoms with Crippen molar-refractivity contribution in [2.45, 2.75) is 52.5 Å². The van der Waals surface area contributed by atoms with Gasteiger partial charge in [0, 0.05) is 32.1 Å². The number of amides is 1. The first-order chi connectivity index (χ1) is 8.47. The predicted molar refractivity (Wildman–Crippen MR) is 74.4 cm³/mol. The lowest BCUT2D eigenvalue weighted by Crippen LogP contribution is -2.37. The Kier molecular flexibility index (Phi) is 4.10. The summed E-state index contributed by atoms with van der Waals surface area (Å²) in [5.41, 5.74) is 1.74. The quantitative estimate of drug-likeness (QED) is 0.777. The maximum atomic E-state index is 12.0. The molecule has 2 aliphatic rings. The minimum atomic E-state index is 0.253. The summed E-state index contributed by atoms with van der Waals surface area (Å²) in [4.78, 5) is 14.0. The van der Waals surface area contributed by atoms with E-state index in [1.54, 1.807) is 0 Å². The fourth-order valence-electron chi connectivity index (χ4n) is 2.41. The van der Waals surface area contributed by atoms with Crippen molar-refractivity contribution in [1.29, 1.82) is 0 Å². The molecular formula is C15H26N2O. The number of hydrogen-bond acceptors (Lipinski definition) is 2. The zero-order valence-electron chi connectivity index (χ0n) is 12.0. The summed E-state index contributed by atoms with van der Waals surface area (Å²) in [7, 11) is 0. The molecule has 102 valence electrons. The van der Waals surface area contributed by atoms with Gasteiger partial charge >= 0.3 is 0 Å². The van der Waals surface area contributed by atoms with Crippen molar-refractivity contribution in [3.8, 4) is 0 Å². The molecule has 1 aliphatic carbocycles. The second-order valence-electron chi connectivity index (χ2n) is 6.55. The van der Waals surface area contributed by atoms with E-state index in [-0.39, 0.29) is 5.41 Å². The van der Waals surface area contributed by atoms with Crippen LogP contribution < -0.4 is 5.32 Å². The molecule has 1 saturated carbocycles. The van der Waals surface area contributed by atoms with Crippen molar-refractivity contribution in [2.24, 2.45) is 5.41 Å². The first-order valence-corrected chi connectivity index (χ1v) is 7.17. The number of nitrogens with one attached hydrogen (secondary N) is 1. The Hall–Kier alpha value is -0.830. The van der Waals surface area contributed by atoms with E-state index in [0.29, 0.717) is 18.4 Å². The van der Waals surface area contributed by atoms with Gasteiger partial charge in [0.15, 0.2) is 0 Å². The Balaban J connectivity index is 1.74. The second-order valence-corrected chi connectivity index (χ2v) is 6.55. The van der Waals surface area contributed by atoms with Crippen molar-refractivity contribution < 1.29 is 4.79 Å². The number of carbonyl (C=O) groups excluding carboxylic acids is 1. The number of hydrogen-bond donors (Lipinski definition) is 1. The molecule has 3 nitrogen and oxygen atoms in total. The van der Waals surface area contributed by atoms with Crippen LogP contribution in [0.1, 0.15) is 46.5 Å². The summed E-state index contributed by atoms with van der Waals surface area (Å²) in [5.74, 6) is 0.298. The minimum Gasteiger partial charge on any atom is -0.339 e. The zero-order chi connectivity index (χ0) is 13.2. The van der Waals surface area contributed by atoms with Gasteiger partial charge in [0.05, 0.1) is 0 Å². The molecule has 0 aromatic carbocycles. The van der Waals surface area contributed by atoms with Gasteiger partial charge in [-0.1, -0.05) is 32.4 Å². The highest BCUT2D eigenvalue weighted by Crippen LogP contribution is 2.30. The van der Waals surface area contributed by atoms with Crippen LogP contribution in [-0.4, -0.2) is 36.5 Å². The van der Waals surface area contributed by atoms with Crippen LogP contribution >= 0.6 is 0 Å². The number of rotatable bonds is 4. The van der Waals surface area contributed by atoms with E-state index in [4.69, 9.17) is 0 Å². The van der Waals surface area contributed by atoms with Crippen LogP contribution in [0.15, 0.2) is 11.6 Å². The van der Waals surface area contributed by atoms with E-state index in [9.17, 15) is 4.79 Å². The maximum Gasteiger partial charge on any atom is 0.224 e. The van der Waals surface area contributed by atoms with E-state index in [0.717, 1.165) is 26.1 Å². The normalized spacial score (nSPS) is 20.8. The predicted octanol–water partition coefficient (Wildman–Crippen LogP) is 2.33. The molecule has 0 spiro atoms. The van der Waals surface area contributed by atoms with Crippen LogP contribution in [-0.2, 0) is 4.79 Å². The Bertz CT molecular complexity index is 337. The topological polar surface area (TPSA) is 32.3 Å². The molecule has 0 atom stereocenters. The van der Waals surface area contributed by atoms with Crippen LogP contribution in [0.25, 0.3) is 0 Å². The Morgan fingerprint density at radius 2 is 2.17 bits per heavy atom. The molecule has 0 bridgehead atoms. The minimum absolute atomic E-state index is 0.253. The summed E-state index contributed by atoms with van der Waals surface area (Å²) >= 11 is 0. The monoisotopic (exact) mass is 250 g/mol. The second kappa shape index (κ2) is 5.43. The Morgan fingerprint density at radius 1 is 1.44 bits per heavy atom. The smallest absolute Gasteiger partial charge is 0.224 e. The highest BCUT2D eigenvalue weighted by atomic mass is 16.2. The van der Waals surface area contributed by atoms with Gasteiger partial charge in [-0.3, -0.25) is 4.79 Å². The fourth-order valence-corrected chi connectivity index (χ4v) is 2.41. The van der Waals surface area contributed by atoms with E-state index >= 15 is 0 Å². The fraction of sp³-hybridized carbons (Fsp3) is 0.800. The molecule has 18 heavy (non-hydrogen) atoms. The molecule has 0 radical (unpaired) electrons. The summed E-state index contributed by atoms with van der Waals surface area (Å²) in [6.45, 7) is 9.28. The summed E-state index contributed by atoms with van der Waals surface area (Å²) in [5, 5.41) is 3.40. The van der Waals surface area contributed by atoms with Crippen LogP contribution in [0.5, 0.6) is 0 Å². The molecule has 2 rings (SSSR count). The first-order valence-electron chi connectivity index (χ1n) is 7.17. The highest BCUT2D eigenvalue weighted by Gasteiger charge is 2.24. The third-order valence-corrected chi connectivity index (χ3v) is 3.87. The SMILES string of the molecule is CC(C)(C)C1=CCN(C(=O)CCNC2CC2)CC1. The van der Waals surface area contributed by atoms with Gasteiger partial charge in [0.1, 0.15) is 0 Å². The third kappa shape index (κ3) is 3.84. The van der Waals surface area contributed by atoms with E-state index < -0.39 is 0 Å². The molecule has 0 unspecified atom stereocenters. The molecule has 1 aliphatic heterocycles. The standard InChI is InChI=1S/C15H26N2O/c1-15(2,3)12-7-10-17(11-8-12)14(18)6-9-16-13-4-5-13/h7,13,16H,4-6,8-11H2,1-3H3. The first kappa shape index (κ1) is 13.6. The van der Waals surface area contributed by atoms with Gasteiger partial charge in [-0.25, -0.2) is 0 Å². The van der Waals surface area contributed by atoms with Crippen molar-refractivity contribution in [1.82, 2.24) is 10.2 Å². The van der Waals surface area contributed by atoms with Gasteiger partial charge in [-0.15, -0.1) is 0 Å². The van der Waals surface area contributed by atoms with Gasteiger partial charge in [-0.2, -0.15) is 0 Å². The summed E-state index contributed by atoms with van der Waals surface area (Å²) in [6.07, 6.45) is 6.50. The summed E-state index contributed by atoms with van der Waals surface area (Å²) < 4.78 is 0. The molecule has 1 amide bonds. The van der Waals surface area contributed by atoms with Crippen LogP contribution in [0, 0.1) is 5.41 Å². The third-order valence-electron chi connectivity index (χ3n) is 3.87. The van der Waals surface area contributed by atoms with Crippen molar-refractivity contribution in [3.05, 3.63) is 11.6 Å². The highest BCUT2D eigenvalue weighted by molar-refractivity contribution is 5.76. The molecule has 1 N–H and O–H groups in total. The van der Waals surface area contributed by atoms with Gasteiger partial charge in [0.2, 0.25) is 5.91 Å². The molecule has 0 aromatic heterocycles. The molecule has 0 aromatic rings. The van der Waals surface area contributed by atoms with Crippen molar-refractivity contribution in [2.75, 3.05) is 19.6 Å². The molecule has 0 saturated heterocycles. The lowest BCUT2D eigenvalue weighted by Gasteiger charge is -2.32. The number of carbonyl (C=O) groups is 1. The van der Waals surface area contributed by atoms with Gasteiger partial charge in [0.25, 0.3) is 0 Å². The molecule has 1 heterocycles. The van der Waals surface area contributed by atoms with Crippen molar-refractivity contribution >= 4 is 5.91 Å². The average molecular weight is 250 g/mol. The Morgan fingerprint density at radius 3 is 2.67 bits per heavy atom. The van der Waals surface area contributed by atoms with Gasteiger partial charge < -0.3 is 10.2 Å². The molecule has 3 heteroatoms. The maximum absolute atomic E-state index is 12.0. The van der Waals surface area contributed by atoms with Crippen molar-refractivity contribution in [3.63, 3.8) is 0 Å². The average Bonchev–Trinajstić information content (AvgIpc) is 3.12. The number of nitrogens with zero attached hydrogens (tertiary/aromatic N) is 1. The van der Waals surface area contributed by atoms with Crippen LogP contribution in [0.2, 0.25) is 0 Å². The lowest BCUT2D eigenvalue weighted by atomic mass is 9.83. The van der Waals surface area contributed by atoms with E-state index in [1.807, 2.05) is 4.90 Å². The molecular weight excluding hydrogens is 224 g/mol. The van der Waals surface area contributed by atoms with Gasteiger partial charge in [-0.05, 0) is 24.7 Å². The Labute approximate surface area is 111 Å². The van der Waals surface area contributed by atoms with Crippen LogP contribution in [0.4, 0.5) is 0 Å². The van der Waals surface area contributed by atoms with E-state index in [2.05, 4.69) is 32.2 Å². The van der Waals surface area contributed by atoms with E-state index in [1.165, 1.54) is 18.4 Å². The lowest BCUT2D eigenvalue weighted by molar-refractivity contribution is -0.130.